The molecule has 2 aliphatic heterocycles. The number of anilines is 2. The Morgan fingerprint density at radius 1 is 1.24 bits per heavy atom. The zero-order chi connectivity index (χ0) is 20.5. The first-order valence-corrected chi connectivity index (χ1v) is 11.5. The summed E-state index contributed by atoms with van der Waals surface area (Å²) in [5.74, 6) is 0.599. The Labute approximate surface area is 171 Å². The molecule has 2 aromatic rings. The molecule has 0 radical (unpaired) electrons. The smallest absolute Gasteiger partial charge is 0.254 e. The van der Waals surface area contributed by atoms with Crippen molar-refractivity contribution in [3.8, 4) is 5.75 Å². The molecule has 29 heavy (non-hydrogen) atoms. The Kier molecular flexibility index (Phi) is 5.23. The molecule has 2 N–H and O–H groups in total. The van der Waals surface area contributed by atoms with E-state index in [0.29, 0.717) is 24.5 Å². The summed E-state index contributed by atoms with van der Waals surface area (Å²) in [5, 5.41) is 6.91. The minimum absolute atomic E-state index is 0.0221. The number of hydrogen-bond acceptors (Lipinski definition) is 6. The number of sulfone groups is 1. The summed E-state index contributed by atoms with van der Waals surface area (Å²) in [6.45, 7) is 3.69. The van der Waals surface area contributed by atoms with Crippen LogP contribution in [0.1, 0.15) is 17.3 Å². The minimum Gasteiger partial charge on any atom is -0.615 e. The number of para-hydroxylation sites is 1. The highest BCUT2D eigenvalue weighted by Crippen LogP contribution is 2.34. The maximum atomic E-state index is 12.8. The van der Waals surface area contributed by atoms with Crippen LogP contribution >= 0.6 is 0 Å². The number of carbonyl (C=O) groups is 1. The molecule has 0 aliphatic carbocycles. The summed E-state index contributed by atoms with van der Waals surface area (Å²) in [7, 11) is -3.02. The van der Waals surface area contributed by atoms with Gasteiger partial charge in [-0.15, -0.1) is 4.21 Å². The van der Waals surface area contributed by atoms with Gasteiger partial charge in [0.1, 0.15) is 23.9 Å². The van der Waals surface area contributed by atoms with Gasteiger partial charge in [-0.25, -0.2) is 0 Å². The van der Waals surface area contributed by atoms with Crippen LogP contribution in [0.5, 0.6) is 5.75 Å². The van der Waals surface area contributed by atoms with Gasteiger partial charge >= 0.3 is 0 Å². The summed E-state index contributed by atoms with van der Waals surface area (Å²) >= 11 is 0. The first-order chi connectivity index (χ1) is 13.8. The van der Waals surface area contributed by atoms with E-state index in [1.807, 2.05) is 30.3 Å². The van der Waals surface area contributed by atoms with Crippen LogP contribution in [0.3, 0.4) is 0 Å². The minimum atomic E-state index is -3.02. The molecule has 0 aromatic heterocycles. The third kappa shape index (κ3) is 4.54. The fourth-order valence-electron chi connectivity index (χ4n) is 3.53. The second-order valence-corrected chi connectivity index (χ2v) is 10.2. The average Bonchev–Trinajstić information content (AvgIpc) is 2.72. The number of carbonyl (C=O) groups excluding carboxylic acids is 1. The zero-order valence-corrected chi connectivity index (χ0v) is 17.2. The fourth-order valence-corrected chi connectivity index (χ4v) is 4.73. The quantitative estimate of drug-likeness (QED) is 0.745. The Morgan fingerprint density at radius 2 is 1.97 bits per heavy atom. The van der Waals surface area contributed by atoms with Crippen molar-refractivity contribution in [2.75, 3.05) is 48.4 Å². The summed E-state index contributed by atoms with van der Waals surface area (Å²) in [4.78, 5) is 14.4. The van der Waals surface area contributed by atoms with Crippen LogP contribution in [-0.2, 0) is 14.4 Å². The highest BCUT2D eigenvalue weighted by Gasteiger charge is 2.32. The Bertz CT molecular complexity index is 940. The third-order valence-corrected chi connectivity index (χ3v) is 6.91. The first kappa shape index (κ1) is 19.7. The van der Waals surface area contributed by atoms with Crippen LogP contribution in [0.25, 0.3) is 0 Å². The lowest BCUT2D eigenvalue weighted by atomic mass is 10.00. The second kappa shape index (κ2) is 7.68. The SMILES string of the molecule is CC1(CNc2ccccc2)COc2ccc(C(=O)N3CC[S+](=O)([O-])CC3)cc2N1. The third-order valence-electron chi connectivity index (χ3n) is 5.30. The Hall–Kier alpha value is -2.58. The molecule has 0 saturated carbocycles. The van der Waals surface area contributed by atoms with Gasteiger partial charge in [-0.2, -0.15) is 0 Å². The molecule has 1 saturated heterocycles. The van der Waals surface area contributed by atoms with Crippen LogP contribution in [-0.4, -0.2) is 58.6 Å². The van der Waals surface area contributed by atoms with Crippen molar-refractivity contribution in [3.63, 3.8) is 0 Å². The molecule has 2 aliphatic rings. The fraction of sp³-hybridized carbons (Fsp3) is 0.381. The molecule has 2 aromatic carbocycles. The lowest BCUT2D eigenvalue weighted by molar-refractivity contribution is 0.0768. The predicted octanol–water partition coefficient (Wildman–Crippen LogP) is 2.45. The number of hydrogen-bond donors (Lipinski definition) is 2. The monoisotopic (exact) mass is 415 g/mol. The van der Waals surface area contributed by atoms with Gasteiger partial charge in [0, 0.05) is 17.8 Å². The number of nitrogens with one attached hydrogen (secondary N) is 2. The average molecular weight is 416 g/mol. The van der Waals surface area contributed by atoms with Crippen molar-refractivity contribution < 1.29 is 18.3 Å². The van der Waals surface area contributed by atoms with Gasteiger partial charge in [0.05, 0.1) is 34.5 Å². The number of amides is 1. The predicted molar refractivity (Wildman–Crippen MR) is 113 cm³/mol. The topological polar surface area (TPSA) is 93.7 Å². The molecular formula is C21H25N3O4S. The normalized spacial score (nSPS) is 22.8. The van der Waals surface area contributed by atoms with E-state index in [2.05, 4.69) is 17.6 Å². The zero-order valence-electron chi connectivity index (χ0n) is 16.3. The molecule has 1 fully saturated rings. The van der Waals surface area contributed by atoms with Gasteiger partial charge in [0.25, 0.3) is 5.91 Å². The second-order valence-electron chi connectivity index (χ2n) is 7.85. The van der Waals surface area contributed by atoms with E-state index >= 15 is 0 Å². The summed E-state index contributed by atoms with van der Waals surface area (Å²) in [5.41, 5.74) is 1.98. The molecule has 7 nitrogen and oxygen atoms in total. The molecule has 0 spiro atoms. The number of ether oxygens (including phenoxy) is 1. The number of nitrogens with zero attached hydrogens (tertiary/aromatic N) is 1. The van der Waals surface area contributed by atoms with Crippen molar-refractivity contribution in [2.45, 2.75) is 12.5 Å². The van der Waals surface area contributed by atoms with Crippen LogP contribution < -0.4 is 15.4 Å². The van der Waals surface area contributed by atoms with Gasteiger partial charge in [-0.3, -0.25) is 4.79 Å². The first-order valence-electron chi connectivity index (χ1n) is 9.67. The summed E-state index contributed by atoms with van der Waals surface area (Å²) in [6.07, 6.45) is 0. The van der Waals surface area contributed by atoms with Crippen LogP contribution in [0.15, 0.2) is 48.5 Å². The van der Waals surface area contributed by atoms with Crippen molar-refractivity contribution in [2.24, 2.45) is 0 Å². The van der Waals surface area contributed by atoms with E-state index in [0.717, 1.165) is 11.4 Å². The summed E-state index contributed by atoms with van der Waals surface area (Å²) < 4.78 is 29.2. The van der Waals surface area contributed by atoms with Crippen molar-refractivity contribution in [1.82, 2.24) is 4.90 Å². The standard InChI is InChI=1S/C21H25N3O4S/c1-21(14-22-17-5-3-2-4-6-17)15-28-19-8-7-16(13-18(19)23-21)20(25)24-9-11-29(26,27)12-10-24/h2-8,13,22-23H,9-12,14-15H2,1H3. The van der Waals surface area contributed by atoms with E-state index < -0.39 is 10.2 Å². The molecule has 8 heteroatoms. The highest BCUT2D eigenvalue weighted by atomic mass is 32.3. The van der Waals surface area contributed by atoms with Crippen LogP contribution in [0.4, 0.5) is 11.4 Å². The van der Waals surface area contributed by atoms with E-state index in [1.54, 1.807) is 23.1 Å². The number of benzene rings is 2. The van der Waals surface area contributed by atoms with E-state index in [-0.39, 0.29) is 36.0 Å². The van der Waals surface area contributed by atoms with Crippen LogP contribution in [0, 0.1) is 0 Å². The number of rotatable bonds is 4. The van der Waals surface area contributed by atoms with E-state index in [9.17, 15) is 13.6 Å². The van der Waals surface area contributed by atoms with E-state index in [4.69, 9.17) is 4.74 Å². The van der Waals surface area contributed by atoms with Gasteiger partial charge < -0.3 is 24.8 Å². The maximum absolute atomic E-state index is 12.8. The molecule has 1 atom stereocenters. The lowest BCUT2D eigenvalue weighted by Gasteiger charge is -2.37. The highest BCUT2D eigenvalue weighted by molar-refractivity contribution is 7.97. The Morgan fingerprint density at radius 3 is 2.69 bits per heavy atom. The molecule has 4 rings (SSSR count). The van der Waals surface area contributed by atoms with Crippen molar-refractivity contribution in [3.05, 3.63) is 54.1 Å². The number of fused-ring (bicyclic) bond motifs is 1. The molecule has 1 unspecified atom stereocenters. The molecular weight excluding hydrogens is 390 g/mol. The van der Waals surface area contributed by atoms with Gasteiger partial charge in [0.15, 0.2) is 0 Å². The van der Waals surface area contributed by atoms with Gasteiger partial charge in [0.2, 0.25) is 0 Å². The molecule has 154 valence electrons. The summed E-state index contributed by atoms with van der Waals surface area (Å²) in [6, 6.07) is 15.3. The molecule has 0 bridgehead atoms. The lowest BCUT2D eigenvalue weighted by Crippen LogP contribution is -2.49. The molecule has 1 amide bonds. The van der Waals surface area contributed by atoms with Gasteiger partial charge in [-0.05, 0) is 37.3 Å². The maximum Gasteiger partial charge on any atom is 0.254 e. The Balaban J connectivity index is 1.45. The van der Waals surface area contributed by atoms with Crippen LogP contribution in [0.2, 0.25) is 0 Å². The van der Waals surface area contributed by atoms with E-state index in [1.165, 1.54) is 0 Å². The van der Waals surface area contributed by atoms with Crippen molar-refractivity contribution >= 4 is 27.5 Å². The van der Waals surface area contributed by atoms with Gasteiger partial charge in [-0.1, -0.05) is 18.2 Å². The van der Waals surface area contributed by atoms with Crippen molar-refractivity contribution in [1.29, 1.82) is 0 Å². The largest absolute Gasteiger partial charge is 0.615 e. The molecule has 2 heterocycles.